The number of hydrogen-bond acceptors (Lipinski definition) is 2. The van der Waals surface area contributed by atoms with Gasteiger partial charge in [0.05, 0.1) is 6.10 Å². The van der Waals surface area contributed by atoms with E-state index in [0.717, 1.165) is 19.4 Å². The van der Waals surface area contributed by atoms with Gasteiger partial charge in [0.15, 0.2) is 0 Å². The number of nitrogens with zero attached hydrogens (tertiary/aromatic N) is 1. The summed E-state index contributed by atoms with van der Waals surface area (Å²) < 4.78 is 0. The first-order valence-corrected chi connectivity index (χ1v) is 7.69. The maximum atomic E-state index is 10.2. The Morgan fingerprint density at radius 1 is 1.11 bits per heavy atom. The van der Waals surface area contributed by atoms with Gasteiger partial charge in [-0.05, 0) is 37.0 Å². The van der Waals surface area contributed by atoms with Crippen molar-refractivity contribution in [3.8, 4) is 0 Å². The van der Waals surface area contributed by atoms with E-state index < -0.39 is 0 Å². The molecule has 0 heterocycles. The molecule has 0 bridgehead atoms. The molecule has 0 aliphatic heterocycles. The lowest BCUT2D eigenvalue weighted by Crippen LogP contribution is -2.32. The fourth-order valence-corrected chi connectivity index (χ4v) is 3.02. The first kappa shape index (κ1) is 14.4. The van der Waals surface area contributed by atoms with Crippen LogP contribution < -0.4 is 4.90 Å². The molecule has 1 saturated carbocycles. The van der Waals surface area contributed by atoms with Gasteiger partial charge >= 0.3 is 0 Å². The molecular weight excluding hydrogens is 234 g/mol. The number of hydrogen-bond donors (Lipinski definition) is 1. The van der Waals surface area contributed by atoms with Crippen LogP contribution in [0.2, 0.25) is 0 Å². The molecule has 1 aromatic rings. The summed E-state index contributed by atoms with van der Waals surface area (Å²) in [5, 5.41) is 10.2. The molecule has 1 fully saturated rings. The summed E-state index contributed by atoms with van der Waals surface area (Å²) in [6.45, 7) is 3.15. The molecule has 1 aromatic carbocycles. The van der Waals surface area contributed by atoms with Crippen molar-refractivity contribution in [2.75, 3.05) is 18.5 Å². The summed E-state index contributed by atoms with van der Waals surface area (Å²) >= 11 is 0. The standard InChI is InChI=1S/C17H27NO/c1-3-14-9-11-16(12-10-14)18(2)13-15-7-5-4-6-8-17(15)19/h9-12,15,17,19H,3-8,13H2,1-2H3. The highest BCUT2D eigenvalue weighted by molar-refractivity contribution is 5.46. The van der Waals surface area contributed by atoms with E-state index in [0.29, 0.717) is 5.92 Å². The van der Waals surface area contributed by atoms with Gasteiger partial charge in [-0.2, -0.15) is 0 Å². The first-order valence-electron chi connectivity index (χ1n) is 7.69. The summed E-state index contributed by atoms with van der Waals surface area (Å²) in [4.78, 5) is 2.29. The smallest absolute Gasteiger partial charge is 0.0585 e. The highest BCUT2D eigenvalue weighted by atomic mass is 16.3. The lowest BCUT2D eigenvalue weighted by atomic mass is 9.96. The van der Waals surface area contributed by atoms with Crippen molar-refractivity contribution in [1.29, 1.82) is 0 Å². The third-order valence-corrected chi connectivity index (χ3v) is 4.41. The Morgan fingerprint density at radius 3 is 2.47 bits per heavy atom. The Balaban J connectivity index is 1.96. The van der Waals surface area contributed by atoms with E-state index in [1.54, 1.807) is 0 Å². The number of anilines is 1. The molecule has 0 spiro atoms. The number of aliphatic hydroxyl groups excluding tert-OH is 1. The lowest BCUT2D eigenvalue weighted by molar-refractivity contribution is 0.104. The second kappa shape index (κ2) is 6.95. The van der Waals surface area contributed by atoms with Crippen LogP contribution in [0, 0.1) is 5.92 Å². The molecule has 0 saturated heterocycles. The monoisotopic (exact) mass is 261 g/mol. The third-order valence-electron chi connectivity index (χ3n) is 4.41. The van der Waals surface area contributed by atoms with Crippen LogP contribution in [0.5, 0.6) is 0 Å². The Labute approximate surface area is 117 Å². The van der Waals surface area contributed by atoms with Gasteiger partial charge in [0.25, 0.3) is 0 Å². The van der Waals surface area contributed by atoms with Crippen molar-refractivity contribution < 1.29 is 5.11 Å². The highest BCUT2D eigenvalue weighted by Crippen LogP contribution is 2.25. The normalized spacial score (nSPS) is 23.9. The largest absolute Gasteiger partial charge is 0.393 e. The molecule has 19 heavy (non-hydrogen) atoms. The predicted octanol–water partition coefficient (Wildman–Crippen LogP) is 3.63. The van der Waals surface area contributed by atoms with E-state index in [4.69, 9.17) is 0 Å². The van der Waals surface area contributed by atoms with E-state index in [2.05, 4.69) is 43.1 Å². The molecule has 2 unspecified atom stereocenters. The van der Waals surface area contributed by atoms with Crippen LogP contribution in [0.4, 0.5) is 5.69 Å². The number of benzene rings is 1. The van der Waals surface area contributed by atoms with Crippen LogP contribution in [0.15, 0.2) is 24.3 Å². The van der Waals surface area contributed by atoms with Gasteiger partial charge in [0.2, 0.25) is 0 Å². The van der Waals surface area contributed by atoms with Crippen molar-refractivity contribution >= 4 is 5.69 Å². The summed E-state index contributed by atoms with van der Waals surface area (Å²) in [5.74, 6) is 0.429. The van der Waals surface area contributed by atoms with Crippen molar-refractivity contribution in [2.24, 2.45) is 5.92 Å². The Kier molecular flexibility index (Phi) is 5.26. The second-order valence-electron chi connectivity index (χ2n) is 5.87. The summed E-state index contributed by atoms with van der Waals surface area (Å²) in [6.07, 6.45) is 6.86. The van der Waals surface area contributed by atoms with Gasteiger partial charge in [-0.25, -0.2) is 0 Å². The molecule has 2 nitrogen and oxygen atoms in total. The molecule has 1 aliphatic rings. The van der Waals surface area contributed by atoms with E-state index in [1.165, 1.54) is 36.9 Å². The van der Waals surface area contributed by atoms with Crippen LogP contribution in [-0.4, -0.2) is 24.8 Å². The van der Waals surface area contributed by atoms with Gasteiger partial charge in [-0.3, -0.25) is 0 Å². The van der Waals surface area contributed by atoms with Gasteiger partial charge in [0, 0.05) is 25.2 Å². The molecule has 2 rings (SSSR count). The van der Waals surface area contributed by atoms with Crippen molar-refractivity contribution in [3.63, 3.8) is 0 Å². The highest BCUT2D eigenvalue weighted by Gasteiger charge is 2.22. The van der Waals surface area contributed by atoms with Crippen LogP contribution in [0.25, 0.3) is 0 Å². The van der Waals surface area contributed by atoms with Crippen LogP contribution in [0.1, 0.15) is 44.6 Å². The van der Waals surface area contributed by atoms with Crippen LogP contribution in [-0.2, 0) is 6.42 Å². The fourth-order valence-electron chi connectivity index (χ4n) is 3.02. The number of aliphatic hydroxyl groups is 1. The Morgan fingerprint density at radius 2 is 1.79 bits per heavy atom. The van der Waals surface area contributed by atoms with Gasteiger partial charge in [-0.1, -0.05) is 38.3 Å². The minimum absolute atomic E-state index is 0.111. The molecule has 1 N–H and O–H groups in total. The third kappa shape index (κ3) is 3.97. The minimum atomic E-state index is -0.111. The van der Waals surface area contributed by atoms with Crippen molar-refractivity contribution in [2.45, 2.75) is 51.6 Å². The van der Waals surface area contributed by atoms with E-state index in [9.17, 15) is 5.11 Å². The molecule has 106 valence electrons. The molecule has 2 atom stereocenters. The van der Waals surface area contributed by atoms with E-state index >= 15 is 0 Å². The topological polar surface area (TPSA) is 23.5 Å². The molecule has 2 heteroatoms. The van der Waals surface area contributed by atoms with Crippen LogP contribution >= 0.6 is 0 Å². The Hall–Kier alpha value is -1.02. The summed E-state index contributed by atoms with van der Waals surface area (Å²) in [5.41, 5.74) is 2.64. The molecule has 0 aromatic heterocycles. The summed E-state index contributed by atoms with van der Waals surface area (Å²) in [7, 11) is 2.14. The van der Waals surface area contributed by atoms with Crippen molar-refractivity contribution in [3.05, 3.63) is 29.8 Å². The number of aryl methyl sites for hydroxylation is 1. The quantitative estimate of drug-likeness (QED) is 0.837. The van der Waals surface area contributed by atoms with Crippen molar-refractivity contribution in [1.82, 2.24) is 0 Å². The van der Waals surface area contributed by atoms with Gasteiger partial charge < -0.3 is 10.0 Å². The maximum Gasteiger partial charge on any atom is 0.0585 e. The Bertz CT molecular complexity index is 373. The lowest BCUT2D eigenvalue weighted by Gasteiger charge is -2.28. The van der Waals surface area contributed by atoms with Gasteiger partial charge in [-0.15, -0.1) is 0 Å². The predicted molar refractivity (Wildman–Crippen MR) is 81.7 cm³/mol. The summed E-state index contributed by atoms with van der Waals surface area (Å²) in [6, 6.07) is 8.80. The maximum absolute atomic E-state index is 10.2. The molecule has 1 aliphatic carbocycles. The molecule has 0 radical (unpaired) electrons. The average Bonchev–Trinajstić information content (AvgIpc) is 2.64. The SMILES string of the molecule is CCc1ccc(N(C)CC2CCCCCC2O)cc1. The zero-order valence-electron chi connectivity index (χ0n) is 12.3. The first-order chi connectivity index (χ1) is 9.20. The molecule has 0 amide bonds. The zero-order valence-corrected chi connectivity index (χ0v) is 12.3. The van der Waals surface area contributed by atoms with Gasteiger partial charge in [0.1, 0.15) is 0 Å². The minimum Gasteiger partial charge on any atom is -0.393 e. The fraction of sp³-hybridized carbons (Fsp3) is 0.647. The molecular formula is C17H27NO. The number of rotatable bonds is 4. The van der Waals surface area contributed by atoms with E-state index in [1.807, 2.05) is 0 Å². The van der Waals surface area contributed by atoms with E-state index in [-0.39, 0.29) is 6.10 Å². The zero-order chi connectivity index (χ0) is 13.7. The second-order valence-corrected chi connectivity index (χ2v) is 5.87. The average molecular weight is 261 g/mol. The van der Waals surface area contributed by atoms with Crippen LogP contribution in [0.3, 0.4) is 0 Å².